The second-order valence-corrected chi connectivity index (χ2v) is 8.98. The number of amides is 1. The lowest BCUT2D eigenvalue weighted by atomic mass is 9.86. The lowest BCUT2D eigenvalue weighted by molar-refractivity contribution is -0.384. The largest absolute Gasteiger partial charge is 0.508 e. The molecule has 0 spiro atoms. The van der Waals surface area contributed by atoms with Gasteiger partial charge in [0.05, 0.1) is 4.92 Å². The SMILES string of the molecule is CN(C(=O)OC(C)(C)C)c1cc(Oc2ccc(O)cc2C(C)(C)C)ccc1[N+](=O)[O-]. The summed E-state index contributed by atoms with van der Waals surface area (Å²) in [6, 6.07) is 8.92. The van der Waals surface area contributed by atoms with Crippen molar-refractivity contribution >= 4 is 17.5 Å². The van der Waals surface area contributed by atoms with Crippen LogP contribution >= 0.6 is 0 Å². The van der Waals surface area contributed by atoms with Crippen molar-refractivity contribution in [2.24, 2.45) is 0 Å². The van der Waals surface area contributed by atoms with Gasteiger partial charge in [0.1, 0.15) is 28.5 Å². The summed E-state index contributed by atoms with van der Waals surface area (Å²) in [5, 5.41) is 21.3. The Balaban J connectivity index is 2.47. The molecule has 0 aliphatic carbocycles. The van der Waals surface area contributed by atoms with Crippen molar-refractivity contribution in [1.82, 2.24) is 0 Å². The van der Waals surface area contributed by atoms with Gasteiger partial charge in [0.25, 0.3) is 5.69 Å². The summed E-state index contributed by atoms with van der Waals surface area (Å²) in [6.45, 7) is 11.1. The lowest BCUT2D eigenvalue weighted by Gasteiger charge is -2.25. The van der Waals surface area contributed by atoms with Crippen LogP contribution in [-0.2, 0) is 10.2 Å². The van der Waals surface area contributed by atoms with Crippen LogP contribution in [0.4, 0.5) is 16.2 Å². The van der Waals surface area contributed by atoms with Gasteiger partial charge in [-0.2, -0.15) is 0 Å². The molecule has 8 heteroatoms. The molecule has 0 aliphatic rings. The van der Waals surface area contributed by atoms with Crippen LogP contribution in [0.2, 0.25) is 0 Å². The minimum absolute atomic E-state index is 0.0443. The highest BCUT2D eigenvalue weighted by atomic mass is 16.6. The van der Waals surface area contributed by atoms with Gasteiger partial charge in [-0.15, -0.1) is 0 Å². The van der Waals surface area contributed by atoms with E-state index in [1.807, 2.05) is 20.8 Å². The van der Waals surface area contributed by atoms with E-state index in [4.69, 9.17) is 9.47 Å². The smallest absolute Gasteiger partial charge is 0.414 e. The summed E-state index contributed by atoms with van der Waals surface area (Å²) >= 11 is 0. The second-order valence-electron chi connectivity index (χ2n) is 8.98. The zero-order valence-corrected chi connectivity index (χ0v) is 18.3. The maximum atomic E-state index is 12.4. The van der Waals surface area contributed by atoms with Crippen LogP contribution in [0.5, 0.6) is 17.2 Å². The van der Waals surface area contributed by atoms with Crippen molar-refractivity contribution in [3.05, 3.63) is 52.1 Å². The van der Waals surface area contributed by atoms with Crippen LogP contribution in [0, 0.1) is 10.1 Å². The average Bonchev–Trinajstić information content (AvgIpc) is 2.60. The Hall–Kier alpha value is -3.29. The number of phenols is 1. The third kappa shape index (κ3) is 5.62. The van der Waals surface area contributed by atoms with Crippen LogP contribution in [0.1, 0.15) is 47.1 Å². The number of hydrogen-bond acceptors (Lipinski definition) is 6. The van der Waals surface area contributed by atoms with Crippen LogP contribution in [0.3, 0.4) is 0 Å². The number of ether oxygens (including phenoxy) is 2. The van der Waals surface area contributed by atoms with E-state index in [1.54, 1.807) is 32.9 Å². The van der Waals surface area contributed by atoms with E-state index in [1.165, 1.54) is 31.3 Å². The number of carbonyl (C=O) groups is 1. The van der Waals surface area contributed by atoms with E-state index >= 15 is 0 Å². The van der Waals surface area contributed by atoms with Crippen LogP contribution in [0.25, 0.3) is 0 Å². The molecule has 0 aliphatic heterocycles. The molecule has 0 radical (unpaired) electrons. The fraction of sp³-hybridized carbons (Fsp3) is 0.409. The molecule has 30 heavy (non-hydrogen) atoms. The molecule has 0 fully saturated rings. The van der Waals surface area contributed by atoms with Crippen LogP contribution in [0.15, 0.2) is 36.4 Å². The first-order valence-corrected chi connectivity index (χ1v) is 9.45. The number of benzene rings is 2. The van der Waals surface area contributed by atoms with E-state index in [9.17, 15) is 20.0 Å². The highest BCUT2D eigenvalue weighted by Gasteiger charge is 2.27. The number of nitro benzene ring substituents is 1. The quantitative estimate of drug-likeness (QED) is 0.502. The first-order valence-electron chi connectivity index (χ1n) is 9.45. The van der Waals surface area contributed by atoms with Gasteiger partial charge in [-0.25, -0.2) is 4.79 Å². The normalized spacial score (nSPS) is 11.7. The molecule has 2 aromatic rings. The van der Waals surface area contributed by atoms with Crippen molar-refractivity contribution in [3.8, 4) is 17.2 Å². The molecule has 1 amide bonds. The maximum Gasteiger partial charge on any atom is 0.414 e. The molecule has 2 aromatic carbocycles. The van der Waals surface area contributed by atoms with E-state index in [0.29, 0.717) is 11.5 Å². The molecule has 0 bridgehead atoms. The topological polar surface area (TPSA) is 102 Å². The van der Waals surface area contributed by atoms with E-state index in [-0.39, 0.29) is 22.5 Å². The number of phenolic OH excluding ortho intramolecular Hbond substituents is 1. The van der Waals surface area contributed by atoms with Crippen LogP contribution in [-0.4, -0.2) is 28.8 Å². The standard InChI is InChI=1S/C22H28N2O6/c1-21(2,3)16-12-14(25)8-11-19(16)29-15-9-10-17(24(27)28)18(13-15)23(7)20(26)30-22(4,5)6/h8-13,25H,1-7H3. The number of nitrogens with zero attached hydrogens (tertiary/aromatic N) is 2. The zero-order valence-electron chi connectivity index (χ0n) is 18.3. The zero-order chi connectivity index (χ0) is 22.9. The minimum Gasteiger partial charge on any atom is -0.508 e. The molecule has 2 rings (SSSR count). The molecule has 0 heterocycles. The third-order valence-corrected chi connectivity index (χ3v) is 4.17. The van der Waals surface area contributed by atoms with Gasteiger partial charge in [0.15, 0.2) is 0 Å². The Bertz CT molecular complexity index is 957. The summed E-state index contributed by atoms with van der Waals surface area (Å²) in [5.74, 6) is 0.920. The summed E-state index contributed by atoms with van der Waals surface area (Å²) in [5.41, 5.74) is -0.504. The summed E-state index contributed by atoms with van der Waals surface area (Å²) in [6.07, 6.45) is -0.720. The molecular formula is C22H28N2O6. The number of rotatable bonds is 4. The van der Waals surface area contributed by atoms with Gasteiger partial charge in [0, 0.05) is 24.7 Å². The number of carbonyl (C=O) groups excluding carboxylic acids is 1. The lowest BCUT2D eigenvalue weighted by Crippen LogP contribution is -2.34. The molecule has 0 aromatic heterocycles. The third-order valence-electron chi connectivity index (χ3n) is 4.17. The van der Waals surface area contributed by atoms with E-state index < -0.39 is 16.6 Å². The average molecular weight is 416 g/mol. The molecule has 0 saturated heterocycles. The molecule has 162 valence electrons. The number of hydrogen-bond donors (Lipinski definition) is 1. The van der Waals surface area contributed by atoms with Crippen molar-refractivity contribution in [2.75, 3.05) is 11.9 Å². The Morgan fingerprint density at radius 2 is 1.70 bits per heavy atom. The highest BCUT2D eigenvalue weighted by molar-refractivity contribution is 5.90. The van der Waals surface area contributed by atoms with Gasteiger partial charge in [0.2, 0.25) is 0 Å². The Kier molecular flexibility index (Phi) is 6.30. The summed E-state index contributed by atoms with van der Waals surface area (Å²) in [7, 11) is 1.40. The Morgan fingerprint density at radius 1 is 1.07 bits per heavy atom. The number of nitro groups is 1. The molecule has 8 nitrogen and oxygen atoms in total. The summed E-state index contributed by atoms with van der Waals surface area (Å²) in [4.78, 5) is 24.4. The monoisotopic (exact) mass is 416 g/mol. The van der Waals surface area contributed by atoms with Gasteiger partial charge in [-0.05, 0) is 50.5 Å². The predicted molar refractivity (Wildman–Crippen MR) is 115 cm³/mol. The van der Waals surface area contributed by atoms with Gasteiger partial charge in [-0.1, -0.05) is 20.8 Å². The second kappa shape index (κ2) is 8.22. The fourth-order valence-corrected chi connectivity index (χ4v) is 2.74. The highest BCUT2D eigenvalue weighted by Crippen LogP contribution is 2.39. The Morgan fingerprint density at radius 3 is 2.23 bits per heavy atom. The molecule has 0 unspecified atom stereocenters. The van der Waals surface area contributed by atoms with E-state index in [0.717, 1.165) is 10.5 Å². The minimum atomic E-state index is -0.748. The molecule has 0 saturated carbocycles. The van der Waals surface area contributed by atoms with Crippen LogP contribution < -0.4 is 9.64 Å². The first kappa shape index (κ1) is 23.0. The number of anilines is 1. The fourth-order valence-electron chi connectivity index (χ4n) is 2.74. The van der Waals surface area contributed by atoms with Crippen molar-refractivity contribution in [1.29, 1.82) is 0 Å². The molecule has 0 atom stereocenters. The van der Waals surface area contributed by atoms with Crippen molar-refractivity contribution < 1.29 is 24.3 Å². The number of aromatic hydroxyl groups is 1. The maximum absolute atomic E-state index is 12.4. The molecular weight excluding hydrogens is 388 g/mol. The van der Waals surface area contributed by atoms with Gasteiger partial charge >= 0.3 is 6.09 Å². The van der Waals surface area contributed by atoms with Gasteiger partial charge < -0.3 is 14.6 Å². The van der Waals surface area contributed by atoms with Crippen molar-refractivity contribution in [3.63, 3.8) is 0 Å². The van der Waals surface area contributed by atoms with Crippen molar-refractivity contribution in [2.45, 2.75) is 52.6 Å². The Labute approximate surface area is 176 Å². The predicted octanol–water partition coefficient (Wildman–Crippen LogP) is 5.76. The first-order chi connectivity index (χ1) is 13.7. The summed E-state index contributed by atoms with van der Waals surface area (Å²) < 4.78 is 11.3. The van der Waals surface area contributed by atoms with Gasteiger partial charge in [-0.3, -0.25) is 15.0 Å². The van der Waals surface area contributed by atoms with E-state index in [2.05, 4.69) is 0 Å². The molecule has 1 N–H and O–H groups in total.